The fourth-order valence-corrected chi connectivity index (χ4v) is 4.83. The largest absolute Gasteiger partial charge is 0.369 e. The van der Waals surface area contributed by atoms with Crippen molar-refractivity contribution in [3.63, 3.8) is 0 Å². The van der Waals surface area contributed by atoms with Gasteiger partial charge in [0.15, 0.2) is 0 Å². The molecule has 0 saturated carbocycles. The first-order chi connectivity index (χ1) is 12.8. The zero-order valence-corrected chi connectivity index (χ0v) is 16.8. The quantitative estimate of drug-likeness (QED) is 0.845. The lowest BCUT2D eigenvalue weighted by Gasteiger charge is -2.35. The molecule has 1 heterocycles. The number of hydrogen-bond donors (Lipinski definition) is 1. The Labute approximate surface area is 164 Å². The van der Waals surface area contributed by atoms with Gasteiger partial charge in [-0.15, -0.1) is 0 Å². The van der Waals surface area contributed by atoms with Gasteiger partial charge in [0, 0.05) is 49.5 Å². The summed E-state index contributed by atoms with van der Waals surface area (Å²) in [5, 5.41) is 3.36. The maximum Gasteiger partial charge on any atom is 0.243 e. The average Bonchev–Trinajstić information content (AvgIpc) is 2.63. The van der Waals surface area contributed by atoms with Crippen molar-refractivity contribution < 1.29 is 13.2 Å². The highest BCUT2D eigenvalue weighted by atomic mass is 35.5. The van der Waals surface area contributed by atoms with E-state index in [4.69, 9.17) is 11.6 Å². The summed E-state index contributed by atoms with van der Waals surface area (Å²) in [5.74, 6) is -0.189. The fraction of sp³-hybridized carbons (Fsp3) is 0.316. The fourth-order valence-electron chi connectivity index (χ4n) is 3.14. The zero-order valence-electron chi connectivity index (χ0n) is 15.3. The molecule has 0 unspecified atom stereocenters. The van der Waals surface area contributed by atoms with Crippen molar-refractivity contribution in [2.24, 2.45) is 0 Å². The molecule has 0 radical (unpaired) electrons. The summed E-state index contributed by atoms with van der Waals surface area (Å²) in [6, 6.07) is 12.3. The van der Waals surface area contributed by atoms with Crippen molar-refractivity contribution in [3.8, 4) is 0 Å². The number of rotatable bonds is 4. The lowest BCUT2D eigenvalue weighted by atomic mass is 10.2. The summed E-state index contributed by atoms with van der Waals surface area (Å²) in [6.07, 6.45) is 0. The van der Waals surface area contributed by atoms with E-state index in [0.29, 0.717) is 42.5 Å². The number of carbonyl (C=O) groups is 1. The lowest BCUT2D eigenvalue weighted by Crippen LogP contribution is -2.48. The molecule has 6 nitrogen and oxygen atoms in total. The van der Waals surface area contributed by atoms with Gasteiger partial charge in [0.25, 0.3) is 0 Å². The van der Waals surface area contributed by atoms with E-state index in [0.717, 1.165) is 5.69 Å². The van der Waals surface area contributed by atoms with Gasteiger partial charge < -0.3 is 10.2 Å². The predicted octanol–water partition coefficient (Wildman–Crippen LogP) is 3.12. The molecule has 8 heteroatoms. The summed E-state index contributed by atoms with van der Waals surface area (Å²) < 4.78 is 27.4. The predicted molar refractivity (Wildman–Crippen MR) is 108 cm³/mol. The van der Waals surface area contributed by atoms with Gasteiger partial charge in [0.1, 0.15) is 0 Å². The van der Waals surface area contributed by atoms with E-state index in [2.05, 4.69) is 10.2 Å². The third-order valence-electron chi connectivity index (χ3n) is 4.56. The molecule has 0 aliphatic carbocycles. The van der Waals surface area contributed by atoms with Crippen LogP contribution in [0, 0.1) is 6.92 Å². The molecular formula is C19H22ClN3O3S. The molecule has 144 valence electrons. The van der Waals surface area contributed by atoms with Crippen LogP contribution in [0.5, 0.6) is 0 Å². The van der Waals surface area contributed by atoms with Crippen LogP contribution in [0.2, 0.25) is 5.02 Å². The summed E-state index contributed by atoms with van der Waals surface area (Å²) in [6.45, 7) is 5.21. The molecule has 0 atom stereocenters. The van der Waals surface area contributed by atoms with Crippen LogP contribution >= 0.6 is 11.6 Å². The highest BCUT2D eigenvalue weighted by molar-refractivity contribution is 7.89. The monoisotopic (exact) mass is 407 g/mol. The molecule has 3 rings (SSSR count). The summed E-state index contributed by atoms with van der Waals surface area (Å²) in [4.78, 5) is 13.6. The number of nitrogens with zero attached hydrogens (tertiary/aromatic N) is 2. The number of amides is 1. The number of benzene rings is 2. The Hall–Kier alpha value is -2.09. The van der Waals surface area contributed by atoms with Crippen LogP contribution in [0.25, 0.3) is 0 Å². The molecule has 0 bridgehead atoms. The molecule has 0 spiro atoms. The minimum absolute atomic E-state index is 0.189. The molecule has 1 fully saturated rings. The molecule has 1 amide bonds. The molecule has 2 aromatic carbocycles. The van der Waals surface area contributed by atoms with Crippen LogP contribution in [0.4, 0.5) is 11.4 Å². The number of nitrogens with one attached hydrogen (secondary N) is 1. The molecular weight excluding hydrogens is 386 g/mol. The van der Waals surface area contributed by atoms with Gasteiger partial charge in [-0.3, -0.25) is 4.79 Å². The number of halogens is 1. The van der Waals surface area contributed by atoms with Gasteiger partial charge in [-0.1, -0.05) is 17.7 Å². The van der Waals surface area contributed by atoms with Crippen LogP contribution in [-0.2, 0) is 14.8 Å². The number of aryl methyl sites for hydroxylation is 1. The Kier molecular flexibility index (Phi) is 5.74. The molecule has 1 saturated heterocycles. The highest BCUT2D eigenvalue weighted by Gasteiger charge is 2.29. The maximum atomic E-state index is 13.0. The first kappa shape index (κ1) is 19.7. The highest BCUT2D eigenvalue weighted by Crippen LogP contribution is 2.25. The third kappa shape index (κ3) is 4.43. The van der Waals surface area contributed by atoms with Gasteiger partial charge in [-0.05, 0) is 48.9 Å². The van der Waals surface area contributed by atoms with Crippen LogP contribution in [0.3, 0.4) is 0 Å². The normalized spacial score (nSPS) is 15.6. The zero-order chi connectivity index (χ0) is 19.6. The van der Waals surface area contributed by atoms with Gasteiger partial charge in [-0.25, -0.2) is 8.42 Å². The topological polar surface area (TPSA) is 69.7 Å². The van der Waals surface area contributed by atoms with Crippen molar-refractivity contribution in [3.05, 3.63) is 53.1 Å². The van der Waals surface area contributed by atoms with E-state index in [1.165, 1.54) is 17.3 Å². The number of sulfonamides is 1. The first-order valence-electron chi connectivity index (χ1n) is 8.66. The Balaban J connectivity index is 1.73. The number of carbonyl (C=O) groups excluding carboxylic acids is 1. The Bertz CT molecular complexity index is 954. The van der Waals surface area contributed by atoms with E-state index in [1.54, 1.807) is 19.1 Å². The second-order valence-corrected chi connectivity index (χ2v) is 8.90. The van der Waals surface area contributed by atoms with Crippen LogP contribution in [0.15, 0.2) is 47.4 Å². The van der Waals surface area contributed by atoms with E-state index in [-0.39, 0.29) is 10.8 Å². The lowest BCUT2D eigenvalue weighted by molar-refractivity contribution is -0.114. The van der Waals surface area contributed by atoms with Crippen molar-refractivity contribution in [1.82, 2.24) is 4.31 Å². The standard InChI is InChI=1S/C19H22ClN3O3S/c1-14-12-18(6-7-19(14)21-15(2)24)27(25,26)23-10-8-22(9-11-23)17-5-3-4-16(20)13-17/h3-7,12-13H,8-11H2,1-2H3,(H,21,24). The van der Waals surface area contributed by atoms with E-state index >= 15 is 0 Å². The molecule has 27 heavy (non-hydrogen) atoms. The van der Waals surface area contributed by atoms with E-state index in [1.807, 2.05) is 24.3 Å². The molecule has 1 N–H and O–H groups in total. The number of hydrogen-bond acceptors (Lipinski definition) is 4. The molecule has 1 aliphatic rings. The average molecular weight is 408 g/mol. The van der Waals surface area contributed by atoms with Crippen molar-refractivity contribution in [2.45, 2.75) is 18.7 Å². The van der Waals surface area contributed by atoms with Crippen LogP contribution < -0.4 is 10.2 Å². The molecule has 0 aromatic heterocycles. The Morgan fingerprint density at radius 1 is 1.07 bits per heavy atom. The van der Waals surface area contributed by atoms with Gasteiger partial charge in [0.2, 0.25) is 15.9 Å². The molecule has 2 aromatic rings. The smallest absolute Gasteiger partial charge is 0.243 e. The SMILES string of the molecule is CC(=O)Nc1ccc(S(=O)(=O)N2CCN(c3cccc(Cl)c3)CC2)cc1C. The van der Waals surface area contributed by atoms with Crippen molar-refractivity contribution >= 4 is 38.9 Å². The van der Waals surface area contributed by atoms with Crippen molar-refractivity contribution in [1.29, 1.82) is 0 Å². The first-order valence-corrected chi connectivity index (χ1v) is 10.5. The maximum absolute atomic E-state index is 13.0. The second kappa shape index (κ2) is 7.88. The van der Waals surface area contributed by atoms with Crippen molar-refractivity contribution in [2.75, 3.05) is 36.4 Å². The van der Waals surface area contributed by atoms with Gasteiger partial charge in [-0.2, -0.15) is 4.31 Å². The number of anilines is 2. The van der Waals surface area contributed by atoms with Gasteiger partial charge in [0.05, 0.1) is 4.90 Å². The number of piperazine rings is 1. The second-order valence-electron chi connectivity index (χ2n) is 6.53. The summed E-state index contributed by atoms with van der Waals surface area (Å²) in [5.41, 5.74) is 2.33. The Morgan fingerprint density at radius 3 is 2.37 bits per heavy atom. The molecule has 1 aliphatic heterocycles. The minimum atomic E-state index is -3.58. The van der Waals surface area contributed by atoms with E-state index < -0.39 is 10.0 Å². The third-order valence-corrected chi connectivity index (χ3v) is 6.69. The Morgan fingerprint density at radius 2 is 1.78 bits per heavy atom. The van der Waals surface area contributed by atoms with Crippen LogP contribution in [0.1, 0.15) is 12.5 Å². The summed E-state index contributed by atoms with van der Waals surface area (Å²) in [7, 11) is -3.58. The van der Waals surface area contributed by atoms with Crippen LogP contribution in [-0.4, -0.2) is 44.8 Å². The summed E-state index contributed by atoms with van der Waals surface area (Å²) >= 11 is 6.05. The minimum Gasteiger partial charge on any atom is -0.369 e. The van der Waals surface area contributed by atoms with Gasteiger partial charge >= 0.3 is 0 Å². The van der Waals surface area contributed by atoms with E-state index in [9.17, 15) is 13.2 Å².